The van der Waals surface area contributed by atoms with Crippen LogP contribution in [0.2, 0.25) is 0 Å². The Hall–Kier alpha value is -1.47. The fourth-order valence-electron chi connectivity index (χ4n) is 2.80. The third kappa shape index (κ3) is 5.06. The maximum absolute atomic E-state index is 13.2. The molecule has 0 spiro atoms. The zero-order valence-corrected chi connectivity index (χ0v) is 13.4. The molecular weight excluding hydrogens is 307 g/mol. The van der Waals surface area contributed by atoms with Crippen LogP contribution >= 0.6 is 0 Å². The molecule has 0 bridgehead atoms. The van der Waals surface area contributed by atoms with Crippen LogP contribution < -0.4 is 4.72 Å². The van der Waals surface area contributed by atoms with Gasteiger partial charge in [-0.25, -0.2) is 17.5 Å². The summed E-state index contributed by atoms with van der Waals surface area (Å²) in [6.45, 7) is 0.790. The Balaban J connectivity index is 1.91. The van der Waals surface area contributed by atoms with Crippen molar-refractivity contribution in [1.29, 1.82) is 0 Å². The lowest BCUT2D eigenvalue weighted by atomic mass is 10.0. The van der Waals surface area contributed by atoms with E-state index in [-0.39, 0.29) is 30.7 Å². The molecule has 7 heteroatoms. The molecule has 1 aromatic carbocycles. The van der Waals surface area contributed by atoms with Crippen molar-refractivity contribution in [1.82, 2.24) is 9.62 Å². The Morgan fingerprint density at radius 2 is 2.23 bits per heavy atom. The van der Waals surface area contributed by atoms with Crippen molar-refractivity contribution >= 4 is 15.9 Å². The maximum Gasteiger partial charge on any atom is 0.224 e. The van der Waals surface area contributed by atoms with Gasteiger partial charge in [-0.2, -0.15) is 0 Å². The topological polar surface area (TPSA) is 66.5 Å². The molecule has 1 heterocycles. The summed E-state index contributed by atoms with van der Waals surface area (Å²) in [5, 5.41) is 0. The summed E-state index contributed by atoms with van der Waals surface area (Å²) in [6.07, 6.45) is 3.66. The zero-order valence-electron chi connectivity index (χ0n) is 12.6. The number of nitrogens with zero attached hydrogens (tertiary/aromatic N) is 1. The first-order chi connectivity index (χ1) is 10.3. The Morgan fingerprint density at radius 3 is 2.91 bits per heavy atom. The summed E-state index contributed by atoms with van der Waals surface area (Å²) in [6, 6.07) is 6.48. The quantitative estimate of drug-likeness (QED) is 0.856. The number of sulfonamides is 1. The Bertz CT molecular complexity index is 633. The van der Waals surface area contributed by atoms with Gasteiger partial charge in [0.05, 0.1) is 6.26 Å². The van der Waals surface area contributed by atoms with Crippen LogP contribution in [0.1, 0.15) is 24.8 Å². The first kappa shape index (κ1) is 16.9. The highest BCUT2D eigenvalue weighted by atomic mass is 32.2. The van der Waals surface area contributed by atoms with Crippen LogP contribution in [0.5, 0.6) is 0 Å². The van der Waals surface area contributed by atoms with E-state index < -0.39 is 10.0 Å². The fraction of sp³-hybridized carbons (Fsp3) is 0.533. The van der Waals surface area contributed by atoms with Crippen LogP contribution in [-0.4, -0.2) is 44.6 Å². The second-order valence-electron chi connectivity index (χ2n) is 5.63. The van der Waals surface area contributed by atoms with Gasteiger partial charge < -0.3 is 4.90 Å². The average molecular weight is 328 g/mol. The lowest BCUT2D eigenvalue weighted by Crippen LogP contribution is -2.38. The van der Waals surface area contributed by atoms with E-state index in [2.05, 4.69) is 4.72 Å². The molecule has 1 fully saturated rings. The molecule has 1 unspecified atom stereocenters. The van der Waals surface area contributed by atoms with Crippen LogP contribution in [0.25, 0.3) is 0 Å². The van der Waals surface area contributed by atoms with Gasteiger partial charge in [0, 0.05) is 25.6 Å². The number of hydrogen-bond acceptors (Lipinski definition) is 3. The largest absolute Gasteiger partial charge is 0.339 e. The SMILES string of the molecule is CS(=O)(=O)NCCC(=O)N1CCCC1Cc1cccc(F)c1. The molecule has 0 radical (unpaired) electrons. The Morgan fingerprint density at radius 1 is 1.45 bits per heavy atom. The van der Waals surface area contributed by atoms with E-state index in [0.29, 0.717) is 13.0 Å². The normalized spacial score (nSPS) is 18.6. The third-order valence-corrected chi connectivity index (χ3v) is 4.49. The molecule has 0 aliphatic carbocycles. The van der Waals surface area contributed by atoms with Crippen molar-refractivity contribution in [3.63, 3.8) is 0 Å². The average Bonchev–Trinajstić information content (AvgIpc) is 2.85. The highest BCUT2D eigenvalue weighted by molar-refractivity contribution is 7.88. The number of halogens is 1. The number of likely N-dealkylation sites (tertiary alicyclic amines) is 1. The standard InChI is InChI=1S/C15H21FN2O3S/c1-22(20,21)17-8-7-15(19)18-9-3-6-14(18)11-12-4-2-5-13(16)10-12/h2,4-5,10,14,17H,3,6-9,11H2,1H3. The predicted octanol–water partition coefficient (Wildman–Crippen LogP) is 1.30. The molecule has 5 nitrogen and oxygen atoms in total. The van der Waals surface area contributed by atoms with Gasteiger partial charge in [0.15, 0.2) is 0 Å². The molecule has 2 rings (SSSR count). The Kier molecular flexibility index (Phi) is 5.52. The van der Waals surface area contributed by atoms with Crippen molar-refractivity contribution in [2.75, 3.05) is 19.3 Å². The number of benzene rings is 1. The second-order valence-corrected chi connectivity index (χ2v) is 7.47. The molecule has 122 valence electrons. The molecule has 1 aromatic rings. The summed E-state index contributed by atoms with van der Waals surface area (Å²) in [5.41, 5.74) is 0.874. The predicted molar refractivity (Wildman–Crippen MR) is 82.3 cm³/mol. The molecule has 1 N–H and O–H groups in total. The minimum absolute atomic E-state index is 0.0601. The van der Waals surface area contributed by atoms with Gasteiger partial charge in [0.1, 0.15) is 5.82 Å². The van der Waals surface area contributed by atoms with Gasteiger partial charge in [-0.1, -0.05) is 12.1 Å². The summed E-state index contributed by atoms with van der Waals surface area (Å²) in [4.78, 5) is 14.0. The number of hydrogen-bond donors (Lipinski definition) is 1. The number of amides is 1. The molecule has 0 saturated carbocycles. The second kappa shape index (κ2) is 7.19. The van der Waals surface area contributed by atoms with Crippen LogP contribution in [0, 0.1) is 5.82 Å². The van der Waals surface area contributed by atoms with E-state index in [1.807, 2.05) is 6.07 Å². The van der Waals surface area contributed by atoms with Gasteiger partial charge in [-0.05, 0) is 37.0 Å². The van der Waals surface area contributed by atoms with E-state index in [9.17, 15) is 17.6 Å². The zero-order chi connectivity index (χ0) is 16.2. The van der Waals surface area contributed by atoms with Crippen LogP contribution in [0.15, 0.2) is 24.3 Å². The van der Waals surface area contributed by atoms with E-state index in [4.69, 9.17) is 0 Å². The molecule has 1 amide bonds. The van der Waals surface area contributed by atoms with Gasteiger partial charge in [-0.15, -0.1) is 0 Å². The highest BCUT2D eigenvalue weighted by Gasteiger charge is 2.28. The van der Waals surface area contributed by atoms with Gasteiger partial charge in [-0.3, -0.25) is 4.79 Å². The van der Waals surface area contributed by atoms with E-state index in [1.54, 1.807) is 11.0 Å². The summed E-state index contributed by atoms with van der Waals surface area (Å²) in [7, 11) is -3.27. The molecular formula is C15H21FN2O3S. The van der Waals surface area contributed by atoms with E-state index in [0.717, 1.165) is 24.7 Å². The Labute approximate surface area is 130 Å². The lowest BCUT2D eigenvalue weighted by Gasteiger charge is -2.25. The minimum Gasteiger partial charge on any atom is -0.339 e. The van der Waals surface area contributed by atoms with E-state index >= 15 is 0 Å². The fourth-order valence-corrected chi connectivity index (χ4v) is 3.27. The third-order valence-electron chi connectivity index (χ3n) is 3.76. The molecule has 1 aliphatic heterocycles. The highest BCUT2D eigenvalue weighted by Crippen LogP contribution is 2.22. The van der Waals surface area contributed by atoms with Gasteiger partial charge >= 0.3 is 0 Å². The molecule has 0 aromatic heterocycles. The van der Waals surface area contributed by atoms with Crippen molar-refractivity contribution in [3.8, 4) is 0 Å². The number of carbonyl (C=O) groups excluding carboxylic acids is 1. The molecule has 22 heavy (non-hydrogen) atoms. The smallest absolute Gasteiger partial charge is 0.224 e. The van der Waals surface area contributed by atoms with Crippen LogP contribution in [0.3, 0.4) is 0 Å². The first-order valence-electron chi connectivity index (χ1n) is 7.34. The number of nitrogens with one attached hydrogen (secondary N) is 1. The molecule has 1 atom stereocenters. The van der Waals surface area contributed by atoms with Crippen molar-refractivity contribution in [2.24, 2.45) is 0 Å². The number of rotatable bonds is 6. The summed E-state index contributed by atoms with van der Waals surface area (Å²) >= 11 is 0. The van der Waals surface area contributed by atoms with E-state index in [1.165, 1.54) is 12.1 Å². The van der Waals surface area contributed by atoms with Crippen LogP contribution in [0.4, 0.5) is 4.39 Å². The molecule has 1 saturated heterocycles. The monoisotopic (exact) mass is 328 g/mol. The van der Waals surface area contributed by atoms with Crippen LogP contribution in [-0.2, 0) is 21.2 Å². The molecule has 1 aliphatic rings. The van der Waals surface area contributed by atoms with Crippen molar-refractivity contribution < 1.29 is 17.6 Å². The number of carbonyl (C=O) groups is 1. The minimum atomic E-state index is -3.27. The lowest BCUT2D eigenvalue weighted by molar-refractivity contribution is -0.131. The van der Waals surface area contributed by atoms with Crippen molar-refractivity contribution in [2.45, 2.75) is 31.7 Å². The van der Waals surface area contributed by atoms with Crippen molar-refractivity contribution in [3.05, 3.63) is 35.6 Å². The summed E-state index contributed by atoms with van der Waals surface area (Å²) < 4.78 is 37.6. The maximum atomic E-state index is 13.2. The van der Waals surface area contributed by atoms with Gasteiger partial charge in [0.25, 0.3) is 0 Å². The summed E-state index contributed by atoms with van der Waals surface area (Å²) in [5.74, 6) is -0.333. The van der Waals surface area contributed by atoms with Gasteiger partial charge in [0.2, 0.25) is 15.9 Å². The first-order valence-corrected chi connectivity index (χ1v) is 9.23.